The number of halogens is 11. The molecule has 0 amide bonds. The SMILES string of the molecule is FC1=C(F)C(F)([Si](F)(F)F)C(F)(F)C(F)(F)C1F. The number of allylic oxidation sites excluding steroid dienone is 2. The lowest BCUT2D eigenvalue weighted by molar-refractivity contribution is -0.282. The Hall–Kier alpha value is -0.813. The van der Waals surface area contributed by atoms with E-state index in [2.05, 4.69) is 0 Å². The van der Waals surface area contributed by atoms with E-state index >= 15 is 0 Å². The maximum Gasteiger partial charge on any atom is 0.670 e. The summed E-state index contributed by atoms with van der Waals surface area (Å²) in [7, 11) is -8.48. The van der Waals surface area contributed by atoms with Crippen LogP contribution in [0, 0.1) is 0 Å². The summed E-state index contributed by atoms with van der Waals surface area (Å²) in [6, 6.07) is 0. The maximum absolute atomic E-state index is 13.0. The van der Waals surface area contributed by atoms with Crippen molar-refractivity contribution in [3.8, 4) is 0 Å². The Labute approximate surface area is 92.6 Å². The highest BCUT2D eigenvalue weighted by atomic mass is 28.5. The summed E-state index contributed by atoms with van der Waals surface area (Å²) in [6.45, 7) is 0. The Morgan fingerprint density at radius 3 is 1.61 bits per heavy atom. The summed E-state index contributed by atoms with van der Waals surface area (Å²) < 4.78 is 137. The molecular formula is C6HF11Si. The molecule has 0 aromatic rings. The van der Waals surface area contributed by atoms with Crippen molar-refractivity contribution in [2.75, 3.05) is 0 Å². The Morgan fingerprint density at radius 2 is 1.28 bits per heavy atom. The minimum atomic E-state index is -8.48. The van der Waals surface area contributed by atoms with Crippen molar-refractivity contribution >= 4 is 9.08 Å². The van der Waals surface area contributed by atoms with E-state index in [9.17, 15) is 47.4 Å². The molecule has 2 unspecified atom stereocenters. The molecule has 0 aromatic heterocycles. The van der Waals surface area contributed by atoms with Crippen molar-refractivity contribution in [2.45, 2.75) is 23.3 Å². The smallest absolute Gasteiger partial charge is 0.235 e. The Bertz CT molecular complexity index is 395. The molecule has 0 radical (unpaired) electrons. The second-order valence-electron chi connectivity index (χ2n) is 3.38. The number of hydrogen-bond acceptors (Lipinski definition) is 0. The predicted octanol–water partition coefficient (Wildman–Crippen LogP) is 3.85. The second-order valence-corrected chi connectivity index (χ2v) is 5.06. The molecule has 0 aliphatic heterocycles. The molecule has 0 nitrogen and oxygen atoms in total. The van der Waals surface area contributed by atoms with Gasteiger partial charge < -0.3 is 0 Å². The van der Waals surface area contributed by atoms with Gasteiger partial charge in [-0.05, 0) is 0 Å². The molecule has 18 heavy (non-hydrogen) atoms. The first kappa shape index (κ1) is 15.2. The molecule has 106 valence electrons. The molecule has 12 heteroatoms. The third kappa shape index (κ3) is 1.43. The summed E-state index contributed by atoms with van der Waals surface area (Å²) in [6.07, 6.45) is -4.69. The van der Waals surface area contributed by atoms with Gasteiger partial charge in [-0.1, -0.05) is 0 Å². The number of hydrogen-bond donors (Lipinski definition) is 0. The maximum atomic E-state index is 13.0. The average molecular weight is 310 g/mol. The molecular weight excluding hydrogens is 309 g/mol. The summed E-state index contributed by atoms with van der Waals surface area (Å²) in [5, 5.41) is -6.49. The van der Waals surface area contributed by atoms with E-state index < -0.39 is 44.0 Å². The van der Waals surface area contributed by atoms with Crippen molar-refractivity contribution in [3.05, 3.63) is 11.7 Å². The van der Waals surface area contributed by atoms with Crippen LogP contribution in [0.5, 0.6) is 0 Å². The van der Waals surface area contributed by atoms with Gasteiger partial charge in [0.05, 0.1) is 0 Å². The lowest BCUT2D eigenvalue weighted by atomic mass is 9.93. The van der Waals surface area contributed by atoms with Crippen LogP contribution in [0.25, 0.3) is 0 Å². The largest absolute Gasteiger partial charge is 0.670 e. The zero-order chi connectivity index (χ0) is 14.7. The van der Waals surface area contributed by atoms with Crippen molar-refractivity contribution in [1.82, 2.24) is 0 Å². The van der Waals surface area contributed by atoms with Crippen LogP contribution in [-0.2, 0) is 0 Å². The fraction of sp³-hybridized carbons (Fsp3) is 0.667. The average Bonchev–Trinajstić information content (AvgIpc) is 2.21. The van der Waals surface area contributed by atoms with Crippen LogP contribution in [0.15, 0.2) is 11.7 Å². The van der Waals surface area contributed by atoms with E-state index in [1.54, 1.807) is 0 Å². The third-order valence-electron chi connectivity index (χ3n) is 2.29. The van der Waals surface area contributed by atoms with Crippen LogP contribution in [0.1, 0.15) is 0 Å². The Kier molecular flexibility index (Phi) is 3.05. The van der Waals surface area contributed by atoms with Crippen molar-refractivity contribution in [3.63, 3.8) is 0 Å². The molecule has 0 heterocycles. The lowest BCUT2D eigenvalue weighted by Gasteiger charge is -2.40. The lowest BCUT2D eigenvalue weighted by Crippen LogP contribution is -2.71. The van der Waals surface area contributed by atoms with Gasteiger partial charge in [-0.15, -0.1) is 0 Å². The van der Waals surface area contributed by atoms with Gasteiger partial charge in [-0.25, -0.2) is 29.9 Å². The number of alkyl halides is 6. The van der Waals surface area contributed by atoms with Crippen LogP contribution in [0.4, 0.5) is 47.4 Å². The van der Waals surface area contributed by atoms with Gasteiger partial charge in [0, 0.05) is 0 Å². The minimum absolute atomic E-state index is 3.52. The zero-order valence-electron chi connectivity index (χ0n) is 7.73. The van der Waals surface area contributed by atoms with E-state index in [0.717, 1.165) is 0 Å². The third-order valence-corrected chi connectivity index (χ3v) is 3.61. The first-order chi connectivity index (χ1) is 7.73. The van der Waals surface area contributed by atoms with Crippen molar-refractivity contribution in [1.29, 1.82) is 0 Å². The quantitative estimate of drug-likeness (QED) is 0.392. The molecule has 1 aliphatic carbocycles. The predicted molar refractivity (Wildman–Crippen MR) is 36.9 cm³/mol. The van der Waals surface area contributed by atoms with Gasteiger partial charge in [0.25, 0.3) is 0 Å². The summed E-state index contributed by atoms with van der Waals surface area (Å²) in [4.78, 5) is 0. The monoisotopic (exact) mass is 310 g/mol. The molecule has 0 saturated carbocycles. The highest BCUT2D eigenvalue weighted by molar-refractivity contribution is 6.63. The van der Waals surface area contributed by atoms with Gasteiger partial charge in [0.2, 0.25) is 6.17 Å². The fourth-order valence-corrected chi connectivity index (χ4v) is 2.16. The highest BCUT2D eigenvalue weighted by Gasteiger charge is 2.89. The van der Waals surface area contributed by atoms with Crippen LogP contribution >= 0.6 is 0 Å². The first-order valence-electron chi connectivity index (χ1n) is 3.94. The normalized spacial score (nSPS) is 35.8. The molecule has 0 N–H and O–H groups in total. The van der Waals surface area contributed by atoms with Gasteiger partial charge in [-0.3, -0.25) is 0 Å². The summed E-state index contributed by atoms with van der Waals surface area (Å²) in [5.41, 5.74) is 0. The van der Waals surface area contributed by atoms with E-state index in [4.69, 9.17) is 0 Å². The van der Waals surface area contributed by atoms with Crippen molar-refractivity contribution in [2.24, 2.45) is 0 Å². The van der Waals surface area contributed by atoms with Crippen LogP contribution in [-0.4, -0.2) is 32.4 Å². The Morgan fingerprint density at radius 1 is 0.889 bits per heavy atom. The molecule has 0 spiro atoms. The summed E-state index contributed by atoms with van der Waals surface area (Å²) >= 11 is 0. The van der Waals surface area contributed by atoms with Gasteiger partial charge in [-0.2, -0.15) is 17.6 Å². The second kappa shape index (κ2) is 3.60. The van der Waals surface area contributed by atoms with Crippen molar-refractivity contribution < 1.29 is 47.4 Å². The van der Waals surface area contributed by atoms with Crippen LogP contribution in [0.3, 0.4) is 0 Å². The zero-order valence-corrected chi connectivity index (χ0v) is 8.73. The topological polar surface area (TPSA) is 0 Å². The molecule has 2 atom stereocenters. The first-order valence-corrected chi connectivity index (χ1v) is 5.57. The van der Waals surface area contributed by atoms with E-state index in [1.165, 1.54) is 0 Å². The van der Waals surface area contributed by atoms with E-state index in [-0.39, 0.29) is 0 Å². The molecule has 1 rings (SSSR count). The fourth-order valence-electron chi connectivity index (χ4n) is 1.26. The van der Waals surface area contributed by atoms with E-state index in [1.807, 2.05) is 0 Å². The van der Waals surface area contributed by atoms with Gasteiger partial charge in [0.1, 0.15) is 0 Å². The van der Waals surface area contributed by atoms with Gasteiger partial charge in [0.15, 0.2) is 11.7 Å². The van der Waals surface area contributed by atoms with Gasteiger partial charge >= 0.3 is 26.2 Å². The van der Waals surface area contributed by atoms with Crippen LogP contribution < -0.4 is 0 Å². The molecule has 1 aliphatic rings. The molecule has 0 bridgehead atoms. The van der Waals surface area contributed by atoms with Crippen LogP contribution in [0.2, 0.25) is 0 Å². The standard InChI is InChI=1S/C6HF11Si/c7-1-2(8)4(10,11)6(13,14)5(12,3(1)9)18(15,16)17/h2H. The molecule has 0 aromatic carbocycles. The molecule has 0 fully saturated rings. The number of rotatable bonds is 1. The summed E-state index contributed by atoms with van der Waals surface area (Å²) in [5.74, 6) is -20.5. The highest BCUT2D eigenvalue weighted by Crippen LogP contribution is 2.60. The van der Waals surface area contributed by atoms with E-state index in [0.29, 0.717) is 0 Å². The minimum Gasteiger partial charge on any atom is -0.235 e. The Balaban J connectivity index is 3.70. The molecule has 0 saturated heterocycles.